The zero-order valence-corrected chi connectivity index (χ0v) is 12.0. The van der Waals surface area contributed by atoms with Crippen molar-refractivity contribution in [1.29, 1.82) is 0 Å². The number of amides is 1. The lowest BCUT2D eigenvalue weighted by atomic mass is 9.93. The molecule has 10 heteroatoms. The van der Waals surface area contributed by atoms with Crippen LogP contribution in [0.15, 0.2) is 5.38 Å². The number of carboxylic acids is 1. The monoisotopic (exact) mass is 338 g/mol. The number of alkyl halides is 3. The SMILES string of the molecule is O=C(N[C@H](C(=O)O)[C@H]1CCCOC1)c1csc(C(F)(F)F)n1. The van der Waals surface area contributed by atoms with Gasteiger partial charge in [-0.1, -0.05) is 0 Å². The fraction of sp³-hybridized carbons (Fsp3) is 0.583. The minimum Gasteiger partial charge on any atom is -0.480 e. The van der Waals surface area contributed by atoms with E-state index in [-0.39, 0.29) is 17.9 Å². The lowest BCUT2D eigenvalue weighted by molar-refractivity contribution is -0.142. The molecule has 1 fully saturated rings. The van der Waals surface area contributed by atoms with Crippen molar-refractivity contribution in [3.63, 3.8) is 0 Å². The number of hydrogen-bond acceptors (Lipinski definition) is 5. The van der Waals surface area contributed by atoms with Crippen LogP contribution >= 0.6 is 11.3 Å². The van der Waals surface area contributed by atoms with Crippen LogP contribution in [-0.2, 0) is 15.7 Å². The minimum atomic E-state index is -4.63. The predicted octanol–water partition coefficient (Wildman–Crippen LogP) is 1.77. The first-order chi connectivity index (χ1) is 10.3. The maximum Gasteiger partial charge on any atom is 0.443 e. The topological polar surface area (TPSA) is 88.5 Å². The largest absolute Gasteiger partial charge is 0.480 e. The number of carbonyl (C=O) groups is 2. The van der Waals surface area contributed by atoms with E-state index in [9.17, 15) is 27.9 Å². The van der Waals surface area contributed by atoms with E-state index >= 15 is 0 Å². The maximum atomic E-state index is 12.5. The van der Waals surface area contributed by atoms with Crippen molar-refractivity contribution in [2.24, 2.45) is 5.92 Å². The van der Waals surface area contributed by atoms with E-state index in [1.807, 2.05) is 0 Å². The zero-order chi connectivity index (χ0) is 16.3. The van der Waals surface area contributed by atoms with Gasteiger partial charge in [0.05, 0.1) is 6.61 Å². The van der Waals surface area contributed by atoms with Gasteiger partial charge in [-0.3, -0.25) is 4.79 Å². The lowest BCUT2D eigenvalue weighted by Crippen LogP contribution is -2.48. The van der Waals surface area contributed by atoms with Crippen LogP contribution in [-0.4, -0.2) is 41.2 Å². The lowest BCUT2D eigenvalue weighted by Gasteiger charge is -2.27. The van der Waals surface area contributed by atoms with Crippen LogP contribution in [0.5, 0.6) is 0 Å². The van der Waals surface area contributed by atoms with Crippen LogP contribution in [0.2, 0.25) is 0 Å². The van der Waals surface area contributed by atoms with Crippen LogP contribution in [0.3, 0.4) is 0 Å². The molecule has 0 aromatic carbocycles. The average molecular weight is 338 g/mol. The highest BCUT2D eigenvalue weighted by molar-refractivity contribution is 7.09. The van der Waals surface area contributed by atoms with Crippen LogP contribution in [0.4, 0.5) is 13.2 Å². The number of carbonyl (C=O) groups excluding carboxylic acids is 1. The summed E-state index contributed by atoms with van der Waals surface area (Å²) in [6.45, 7) is 0.708. The number of aromatic nitrogens is 1. The molecule has 0 aliphatic carbocycles. The summed E-state index contributed by atoms with van der Waals surface area (Å²) in [7, 11) is 0. The molecule has 0 radical (unpaired) electrons. The summed E-state index contributed by atoms with van der Waals surface area (Å²) in [5.74, 6) is -2.62. The van der Waals surface area contributed by atoms with Crippen LogP contribution in [0.1, 0.15) is 28.3 Å². The van der Waals surface area contributed by atoms with E-state index in [1.165, 1.54) is 0 Å². The molecule has 0 spiro atoms. The summed E-state index contributed by atoms with van der Waals surface area (Å²) in [4.78, 5) is 26.4. The molecule has 0 bridgehead atoms. The molecule has 6 nitrogen and oxygen atoms in total. The van der Waals surface area contributed by atoms with Crippen molar-refractivity contribution < 1.29 is 32.6 Å². The number of nitrogens with one attached hydrogen (secondary N) is 1. The fourth-order valence-corrected chi connectivity index (χ4v) is 2.80. The Labute approximate surface area is 127 Å². The quantitative estimate of drug-likeness (QED) is 0.873. The van der Waals surface area contributed by atoms with Gasteiger partial charge in [-0.25, -0.2) is 9.78 Å². The molecule has 1 aliphatic rings. The van der Waals surface area contributed by atoms with Crippen molar-refractivity contribution >= 4 is 23.2 Å². The number of halogens is 3. The third kappa shape index (κ3) is 3.95. The molecule has 2 heterocycles. The molecule has 0 saturated carbocycles. The molecular weight excluding hydrogens is 325 g/mol. The smallest absolute Gasteiger partial charge is 0.443 e. The third-order valence-electron chi connectivity index (χ3n) is 3.20. The minimum absolute atomic E-state index is 0.183. The van der Waals surface area contributed by atoms with Gasteiger partial charge in [-0.2, -0.15) is 13.2 Å². The Morgan fingerprint density at radius 3 is 2.73 bits per heavy atom. The van der Waals surface area contributed by atoms with Gasteiger partial charge < -0.3 is 15.2 Å². The first-order valence-corrected chi connectivity index (χ1v) is 7.31. The zero-order valence-electron chi connectivity index (χ0n) is 11.2. The number of aliphatic carboxylic acids is 1. The number of ether oxygens (including phenoxy) is 1. The second-order valence-electron chi connectivity index (χ2n) is 4.80. The first-order valence-electron chi connectivity index (χ1n) is 6.43. The van der Waals surface area contributed by atoms with Crippen molar-refractivity contribution in [2.45, 2.75) is 25.1 Å². The highest BCUT2D eigenvalue weighted by atomic mass is 32.1. The number of hydrogen-bond donors (Lipinski definition) is 2. The summed E-state index contributed by atoms with van der Waals surface area (Å²) in [5.41, 5.74) is -0.444. The van der Waals surface area contributed by atoms with Gasteiger partial charge >= 0.3 is 12.1 Å². The third-order valence-corrected chi connectivity index (χ3v) is 4.09. The maximum absolute atomic E-state index is 12.5. The molecule has 1 aromatic heterocycles. The molecule has 1 aliphatic heterocycles. The van der Waals surface area contributed by atoms with E-state index in [0.29, 0.717) is 19.4 Å². The molecule has 1 saturated heterocycles. The predicted molar refractivity (Wildman–Crippen MR) is 69.5 cm³/mol. The fourth-order valence-electron chi connectivity index (χ4n) is 2.13. The van der Waals surface area contributed by atoms with Crippen molar-refractivity contribution in [1.82, 2.24) is 10.3 Å². The van der Waals surface area contributed by atoms with Gasteiger partial charge in [0.25, 0.3) is 5.91 Å². The number of thiazole rings is 1. The second kappa shape index (κ2) is 6.61. The van der Waals surface area contributed by atoms with Crippen LogP contribution in [0.25, 0.3) is 0 Å². The van der Waals surface area contributed by atoms with Crippen LogP contribution < -0.4 is 5.32 Å². The molecule has 22 heavy (non-hydrogen) atoms. The normalized spacial score (nSPS) is 20.4. The molecule has 0 unspecified atom stereocenters. The Kier molecular flexibility index (Phi) is 5.01. The van der Waals surface area contributed by atoms with Crippen molar-refractivity contribution in [2.75, 3.05) is 13.2 Å². The Bertz CT molecular complexity index is 555. The molecule has 2 atom stereocenters. The molecule has 1 amide bonds. The number of rotatable bonds is 4. The summed E-state index contributed by atoms with van der Waals surface area (Å²) in [5, 5.41) is 11.2. The number of nitrogens with zero attached hydrogens (tertiary/aromatic N) is 1. The standard InChI is InChI=1S/C12H13F3N2O4S/c13-12(14,15)11-16-7(5-22-11)9(18)17-8(10(19)20)6-2-1-3-21-4-6/h5-6,8H,1-4H2,(H,17,18)(H,19,20)/t6-,8-/m0/s1. The Balaban J connectivity index is 2.07. The molecule has 122 valence electrons. The van der Waals surface area contributed by atoms with Gasteiger partial charge in [0.15, 0.2) is 5.01 Å². The van der Waals surface area contributed by atoms with E-state index in [4.69, 9.17) is 4.74 Å². The van der Waals surface area contributed by atoms with E-state index < -0.39 is 40.7 Å². The van der Waals surface area contributed by atoms with Gasteiger partial charge in [0.2, 0.25) is 0 Å². The van der Waals surface area contributed by atoms with E-state index in [1.54, 1.807) is 0 Å². The van der Waals surface area contributed by atoms with Crippen molar-refractivity contribution in [3.05, 3.63) is 16.1 Å². The second-order valence-corrected chi connectivity index (χ2v) is 5.66. The highest BCUT2D eigenvalue weighted by Gasteiger charge is 2.36. The Hall–Kier alpha value is -1.68. The summed E-state index contributed by atoms with van der Waals surface area (Å²) < 4.78 is 42.5. The number of carboxylic acid groups (broad SMARTS) is 1. The molecular formula is C12H13F3N2O4S. The first kappa shape index (κ1) is 16.7. The van der Waals surface area contributed by atoms with E-state index in [2.05, 4.69) is 10.3 Å². The van der Waals surface area contributed by atoms with Gasteiger partial charge in [-0.15, -0.1) is 11.3 Å². The molecule has 2 N–H and O–H groups in total. The summed E-state index contributed by atoms with van der Waals surface area (Å²) in [6.07, 6.45) is -3.41. The van der Waals surface area contributed by atoms with Gasteiger partial charge in [0.1, 0.15) is 11.7 Å². The average Bonchev–Trinajstić information content (AvgIpc) is 2.95. The van der Waals surface area contributed by atoms with Crippen molar-refractivity contribution in [3.8, 4) is 0 Å². The Morgan fingerprint density at radius 2 is 2.23 bits per heavy atom. The molecule has 1 aromatic rings. The summed E-state index contributed by atoms with van der Waals surface area (Å²) >= 11 is 0.287. The van der Waals surface area contributed by atoms with Gasteiger partial charge in [0, 0.05) is 17.9 Å². The van der Waals surface area contributed by atoms with Gasteiger partial charge in [-0.05, 0) is 12.8 Å². The Morgan fingerprint density at radius 1 is 1.50 bits per heavy atom. The van der Waals surface area contributed by atoms with E-state index in [0.717, 1.165) is 5.38 Å². The van der Waals surface area contributed by atoms with Crippen LogP contribution in [0, 0.1) is 5.92 Å². The summed E-state index contributed by atoms with van der Waals surface area (Å²) in [6, 6.07) is -1.22. The molecule has 2 rings (SSSR count). The highest BCUT2D eigenvalue weighted by Crippen LogP contribution is 2.31.